The van der Waals surface area contributed by atoms with Crippen molar-refractivity contribution >= 4 is 5.97 Å². The molecule has 0 aromatic heterocycles. The molecule has 3 nitrogen and oxygen atoms in total. The van der Waals surface area contributed by atoms with E-state index in [-0.39, 0.29) is 5.97 Å². The number of carbonyl (C=O) groups excluding carboxylic acids is 1. The second-order valence-electron chi connectivity index (χ2n) is 4.97. The Hall–Kier alpha value is -1.35. The third-order valence-corrected chi connectivity index (χ3v) is 3.45. The van der Waals surface area contributed by atoms with Crippen molar-refractivity contribution in [1.82, 2.24) is 5.48 Å². The Labute approximate surface area is 116 Å². The second-order valence-corrected chi connectivity index (χ2v) is 4.97. The summed E-state index contributed by atoms with van der Waals surface area (Å²) >= 11 is 0. The van der Waals surface area contributed by atoms with Crippen LogP contribution in [0.5, 0.6) is 0 Å². The molecule has 0 radical (unpaired) electrons. The predicted octanol–water partition coefficient (Wildman–Crippen LogP) is 3.87. The lowest BCUT2D eigenvalue weighted by Crippen LogP contribution is -2.26. The molecule has 0 spiro atoms. The van der Waals surface area contributed by atoms with Crippen molar-refractivity contribution in [1.29, 1.82) is 0 Å². The van der Waals surface area contributed by atoms with E-state index >= 15 is 0 Å². The fourth-order valence-corrected chi connectivity index (χ4v) is 2.03. The normalized spacial score (nSPS) is 12.2. The van der Waals surface area contributed by atoms with E-state index in [2.05, 4.69) is 19.3 Å². The molecule has 106 valence electrons. The van der Waals surface area contributed by atoms with Gasteiger partial charge in [0.15, 0.2) is 0 Å². The zero-order valence-electron chi connectivity index (χ0n) is 12.2. The molecule has 0 fully saturated rings. The minimum Gasteiger partial charge on any atom is -0.367 e. The van der Waals surface area contributed by atoms with Gasteiger partial charge in [0.25, 0.3) is 0 Å². The van der Waals surface area contributed by atoms with Gasteiger partial charge in [0.1, 0.15) is 0 Å². The Morgan fingerprint density at radius 2 is 2.05 bits per heavy atom. The number of hydrogen-bond donors (Lipinski definition) is 1. The van der Waals surface area contributed by atoms with E-state index < -0.39 is 0 Å². The van der Waals surface area contributed by atoms with Crippen LogP contribution in [0.25, 0.3) is 0 Å². The molecule has 0 aliphatic carbocycles. The molecule has 0 aliphatic rings. The number of hydrogen-bond acceptors (Lipinski definition) is 3. The lowest BCUT2D eigenvalue weighted by Gasteiger charge is -2.15. The number of nitrogens with one attached hydrogen (secondary N) is 1. The summed E-state index contributed by atoms with van der Waals surface area (Å²) < 4.78 is 0. The van der Waals surface area contributed by atoms with Crippen molar-refractivity contribution in [2.75, 3.05) is 6.54 Å². The lowest BCUT2D eigenvalue weighted by atomic mass is 10.00. The molecular weight excluding hydrogens is 238 g/mol. The summed E-state index contributed by atoms with van der Waals surface area (Å²) in [5, 5.41) is 0. The Bertz CT molecular complexity index is 390. The van der Waals surface area contributed by atoms with Crippen LogP contribution < -0.4 is 5.48 Å². The topological polar surface area (TPSA) is 38.3 Å². The smallest absolute Gasteiger partial charge is 0.357 e. The van der Waals surface area contributed by atoms with E-state index in [1.807, 2.05) is 25.1 Å². The molecule has 1 rings (SSSR count). The van der Waals surface area contributed by atoms with Crippen molar-refractivity contribution in [2.24, 2.45) is 5.92 Å². The minimum absolute atomic E-state index is 0.302. The van der Waals surface area contributed by atoms with Crippen LogP contribution in [0.3, 0.4) is 0 Å². The zero-order chi connectivity index (χ0) is 14.1. The molecule has 1 aromatic rings. The van der Waals surface area contributed by atoms with Crippen molar-refractivity contribution < 1.29 is 9.63 Å². The number of hydroxylamine groups is 1. The monoisotopic (exact) mass is 263 g/mol. The summed E-state index contributed by atoms with van der Waals surface area (Å²) in [6.07, 6.45) is 4.72. The Morgan fingerprint density at radius 3 is 2.68 bits per heavy atom. The molecule has 0 amide bonds. The number of unbranched alkanes of at least 4 members (excludes halogenated alkanes) is 1. The maximum Gasteiger partial charge on any atom is 0.357 e. The van der Waals surface area contributed by atoms with Crippen LogP contribution in [0.2, 0.25) is 0 Å². The fourth-order valence-electron chi connectivity index (χ4n) is 2.03. The van der Waals surface area contributed by atoms with E-state index in [9.17, 15) is 4.79 Å². The van der Waals surface area contributed by atoms with Crippen molar-refractivity contribution in [3.8, 4) is 0 Å². The van der Waals surface area contributed by atoms with Gasteiger partial charge in [-0.05, 0) is 30.9 Å². The summed E-state index contributed by atoms with van der Waals surface area (Å²) in [4.78, 5) is 17.0. The van der Waals surface area contributed by atoms with Gasteiger partial charge >= 0.3 is 5.97 Å². The lowest BCUT2D eigenvalue weighted by molar-refractivity contribution is 0.0216. The van der Waals surface area contributed by atoms with E-state index in [1.54, 1.807) is 6.07 Å². The molecule has 0 aliphatic heterocycles. The average Bonchev–Trinajstić information content (AvgIpc) is 2.42. The molecule has 1 N–H and O–H groups in total. The van der Waals surface area contributed by atoms with Crippen molar-refractivity contribution in [3.63, 3.8) is 0 Å². The molecule has 19 heavy (non-hydrogen) atoms. The Kier molecular flexibility index (Phi) is 7.19. The standard InChI is InChI=1S/C16H25NO2/c1-4-6-10-14(5-2)12-17-19-16(18)15-11-8-7-9-13(15)3/h7-9,11,14,17H,4-6,10,12H2,1-3H3. The number of carbonyl (C=O) groups is 1. The molecule has 1 atom stereocenters. The van der Waals surface area contributed by atoms with E-state index in [4.69, 9.17) is 4.84 Å². The first-order valence-electron chi connectivity index (χ1n) is 7.18. The van der Waals surface area contributed by atoms with E-state index in [0.29, 0.717) is 11.5 Å². The molecule has 3 heteroatoms. The van der Waals surface area contributed by atoms with Gasteiger partial charge in [-0.25, -0.2) is 4.79 Å². The largest absolute Gasteiger partial charge is 0.367 e. The maximum atomic E-state index is 11.9. The first kappa shape index (κ1) is 15.7. The molecule has 1 unspecified atom stereocenters. The van der Waals surface area contributed by atoms with Crippen molar-refractivity contribution in [3.05, 3.63) is 35.4 Å². The summed E-state index contributed by atoms with van der Waals surface area (Å²) in [6, 6.07) is 7.46. The predicted molar refractivity (Wildman–Crippen MR) is 77.9 cm³/mol. The summed E-state index contributed by atoms with van der Waals surface area (Å²) in [6.45, 7) is 7.00. The summed E-state index contributed by atoms with van der Waals surface area (Å²) in [7, 11) is 0. The van der Waals surface area contributed by atoms with Crippen LogP contribution in [0.4, 0.5) is 0 Å². The van der Waals surface area contributed by atoms with Gasteiger partial charge in [0.2, 0.25) is 0 Å². The number of benzene rings is 1. The van der Waals surface area contributed by atoms with Crippen molar-refractivity contribution in [2.45, 2.75) is 46.5 Å². The Morgan fingerprint density at radius 1 is 1.32 bits per heavy atom. The highest BCUT2D eigenvalue weighted by molar-refractivity contribution is 5.90. The molecule has 0 saturated carbocycles. The van der Waals surface area contributed by atoms with Crippen LogP contribution in [0.15, 0.2) is 24.3 Å². The number of aryl methyl sites for hydroxylation is 1. The van der Waals surface area contributed by atoms with Crippen LogP contribution in [0.1, 0.15) is 55.5 Å². The van der Waals surface area contributed by atoms with Gasteiger partial charge in [-0.3, -0.25) is 0 Å². The summed E-state index contributed by atoms with van der Waals surface area (Å²) in [5.74, 6) is 0.271. The van der Waals surface area contributed by atoms with Gasteiger partial charge in [-0.2, -0.15) is 5.48 Å². The van der Waals surface area contributed by atoms with Gasteiger partial charge in [-0.1, -0.05) is 51.3 Å². The van der Waals surface area contributed by atoms with Gasteiger partial charge in [-0.15, -0.1) is 0 Å². The average molecular weight is 263 g/mol. The van der Waals surface area contributed by atoms with Crippen LogP contribution in [-0.2, 0) is 4.84 Å². The highest BCUT2D eigenvalue weighted by Gasteiger charge is 2.11. The highest BCUT2D eigenvalue weighted by atomic mass is 16.7. The van der Waals surface area contributed by atoms with Crippen LogP contribution >= 0.6 is 0 Å². The fraction of sp³-hybridized carbons (Fsp3) is 0.562. The highest BCUT2D eigenvalue weighted by Crippen LogP contribution is 2.12. The van der Waals surface area contributed by atoms with E-state index in [1.165, 1.54) is 19.3 Å². The number of rotatable bonds is 8. The Balaban J connectivity index is 2.36. The van der Waals surface area contributed by atoms with Gasteiger partial charge in [0, 0.05) is 6.54 Å². The van der Waals surface area contributed by atoms with Crippen LogP contribution in [0, 0.1) is 12.8 Å². The minimum atomic E-state index is -0.302. The molecule has 0 saturated heterocycles. The molecule has 0 heterocycles. The third-order valence-electron chi connectivity index (χ3n) is 3.45. The quantitative estimate of drug-likeness (QED) is 0.723. The molecular formula is C16H25NO2. The molecule has 0 bridgehead atoms. The first-order valence-corrected chi connectivity index (χ1v) is 7.18. The van der Waals surface area contributed by atoms with Crippen LogP contribution in [-0.4, -0.2) is 12.5 Å². The van der Waals surface area contributed by atoms with E-state index in [0.717, 1.165) is 18.5 Å². The van der Waals surface area contributed by atoms with Gasteiger partial charge < -0.3 is 4.84 Å². The SMILES string of the molecule is CCCCC(CC)CNOC(=O)c1ccccc1C. The first-order chi connectivity index (χ1) is 9.19. The van der Waals surface area contributed by atoms with Gasteiger partial charge in [0.05, 0.1) is 5.56 Å². The summed E-state index contributed by atoms with van der Waals surface area (Å²) in [5.41, 5.74) is 4.38. The molecule has 1 aromatic carbocycles. The maximum absolute atomic E-state index is 11.9. The third kappa shape index (κ3) is 5.43. The second kappa shape index (κ2) is 8.70. The zero-order valence-corrected chi connectivity index (χ0v) is 12.2.